The largest absolute Gasteiger partial charge is 0.465 e. The van der Waals surface area contributed by atoms with E-state index >= 15 is 0 Å². The van der Waals surface area contributed by atoms with Crippen LogP contribution in [0.25, 0.3) is 0 Å². The normalized spacial score (nSPS) is 13.8. The minimum absolute atomic E-state index is 0.179. The van der Waals surface area contributed by atoms with Gasteiger partial charge in [-0.1, -0.05) is 18.9 Å². The van der Waals surface area contributed by atoms with E-state index in [0.717, 1.165) is 25.7 Å². The monoisotopic (exact) mass is 367 g/mol. The van der Waals surface area contributed by atoms with Gasteiger partial charge in [0, 0.05) is 23.5 Å². The minimum Gasteiger partial charge on any atom is -0.465 e. The van der Waals surface area contributed by atoms with E-state index in [-0.39, 0.29) is 17.6 Å². The first-order valence-corrected chi connectivity index (χ1v) is 8.83. The van der Waals surface area contributed by atoms with Crippen LogP contribution in [0.2, 0.25) is 0 Å². The summed E-state index contributed by atoms with van der Waals surface area (Å²) in [6.07, 6.45) is 5.62. The van der Waals surface area contributed by atoms with Crippen LogP contribution in [0.5, 0.6) is 0 Å². The molecular formula is C20H21N3O4. The molecule has 1 aliphatic carbocycles. The van der Waals surface area contributed by atoms with E-state index in [4.69, 9.17) is 0 Å². The molecular weight excluding hydrogens is 346 g/mol. The molecule has 7 heteroatoms. The zero-order chi connectivity index (χ0) is 19.2. The van der Waals surface area contributed by atoms with Crippen molar-refractivity contribution < 1.29 is 19.1 Å². The van der Waals surface area contributed by atoms with Crippen molar-refractivity contribution in [1.29, 1.82) is 0 Å². The molecule has 0 radical (unpaired) electrons. The van der Waals surface area contributed by atoms with Crippen molar-refractivity contribution in [3.05, 3.63) is 59.4 Å². The second-order valence-corrected chi connectivity index (χ2v) is 6.41. The number of carbonyl (C=O) groups excluding carboxylic acids is 3. The van der Waals surface area contributed by atoms with Crippen molar-refractivity contribution in [2.45, 2.75) is 31.7 Å². The van der Waals surface area contributed by atoms with Crippen molar-refractivity contribution in [1.82, 2.24) is 10.3 Å². The van der Waals surface area contributed by atoms with Crippen LogP contribution in [-0.4, -0.2) is 35.9 Å². The Morgan fingerprint density at radius 3 is 2.56 bits per heavy atom. The number of carbonyl (C=O) groups is 3. The van der Waals surface area contributed by atoms with Crippen LogP contribution in [0, 0.1) is 0 Å². The molecule has 0 aliphatic heterocycles. The lowest BCUT2D eigenvalue weighted by Crippen LogP contribution is -2.33. The number of pyridine rings is 1. The third kappa shape index (κ3) is 4.69. The zero-order valence-corrected chi connectivity index (χ0v) is 15.0. The molecule has 0 unspecified atom stereocenters. The number of hydrogen-bond acceptors (Lipinski definition) is 5. The van der Waals surface area contributed by atoms with Gasteiger partial charge in [0.2, 0.25) is 0 Å². The Kier molecular flexibility index (Phi) is 5.80. The smallest absolute Gasteiger partial charge is 0.337 e. The summed E-state index contributed by atoms with van der Waals surface area (Å²) >= 11 is 0. The minimum atomic E-state index is -0.485. The highest BCUT2D eigenvalue weighted by Gasteiger charge is 2.19. The number of ether oxygens (including phenoxy) is 1. The van der Waals surface area contributed by atoms with Crippen LogP contribution in [0.3, 0.4) is 0 Å². The molecule has 1 aromatic heterocycles. The van der Waals surface area contributed by atoms with Crippen LogP contribution in [0.15, 0.2) is 42.6 Å². The molecule has 2 N–H and O–H groups in total. The topological polar surface area (TPSA) is 97.4 Å². The van der Waals surface area contributed by atoms with Crippen LogP contribution >= 0.6 is 0 Å². The fourth-order valence-electron chi connectivity index (χ4n) is 3.07. The summed E-state index contributed by atoms with van der Waals surface area (Å²) in [6, 6.07) is 9.61. The van der Waals surface area contributed by atoms with Gasteiger partial charge in [-0.3, -0.25) is 14.6 Å². The van der Waals surface area contributed by atoms with Gasteiger partial charge in [0.05, 0.1) is 12.7 Å². The number of hydrogen-bond donors (Lipinski definition) is 2. The summed E-state index contributed by atoms with van der Waals surface area (Å²) < 4.78 is 4.67. The Hall–Kier alpha value is -3.22. The number of nitrogens with zero attached hydrogens (tertiary/aromatic N) is 1. The molecule has 0 atom stereocenters. The summed E-state index contributed by atoms with van der Waals surface area (Å²) in [6.45, 7) is 0. The van der Waals surface area contributed by atoms with Crippen molar-refractivity contribution in [2.75, 3.05) is 12.4 Å². The van der Waals surface area contributed by atoms with E-state index in [2.05, 4.69) is 20.4 Å². The fraction of sp³-hybridized carbons (Fsp3) is 0.300. The van der Waals surface area contributed by atoms with Crippen LogP contribution in [0.4, 0.5) is 5.69 Å². The van der Waals surface area contributed by atoms with Gasteiger partial charge in [-0.05, 0) is 43.2 Å². The zero-order valence-electron chi connectivity index (χ0n) is 15.0. The van der Waals surface area contributed by atoms with E-state index in [1.165, 1.54) is 31.5 Å². The van der Waals surface area contributed by atoms with Crippen molar-refractivity contribution >= 4 is 23.5 Å². The summed E-state index contributed by atoms with van der Waals surface area (Å²) in [5.41, 5.74) is 1.31. The molecule has 27 heavy (non-hydrogen) atoms. The van der Waals surface area contributed by atoms with Crippen molar-refractivity contribution in [3.63, 3.8) is 0 Å². The Bertz CT molecular complexity index is 860. The van der Waals surface area contributed by atoms with E-state index in [9.17, 15) is 14.4 Å². The number of rotatable bonds is 5. The van der Waals surface area contributed by atoms with Gasteiger partial charge < -0.3 is 15.4 Å². The Morgan fingerprint density at radius 1 is 1.04 bits per heavy atom. The lowest BCUT2D eigenvalue weighted by molar-refractivity contribution is 0.0600. The maximum Gasteiger partial charge on any atom is 0.337 e. The summed E-state index contributed by atoms with van der Waals surface area (Å²) in [5, 5.41) is 5.66. The molecule has 1 heterocycles. The fourth-order valence-corrected chi connectivity index (χ4v) is 3.07. The first kappa shape index (κ1) is 18.6. The highest BCUT2D eigenvalue weighted by atomic mass is 16.5. The lowest BCUT2D eigenvalue weighted by atomic mass is 10.1. The second kappa shape index (κ2) is 8.44. The van der Waals surface area contributed by atoms with Crippen LogP contribution in [0.1, 0.15) is 56.9 Å². The van der Waals surface area contributed by atoms with E-state index in [1.807, 2.05) is 0 Å². The predicted molar refractivity (Wildman–Crippen MR) is 99.7 cm³/mol. The maximum atomic E-state index is 12.5. The highest BCUT2D eigenvalue weighted by Crippen LogP contribution is 2.18. The Balaban J connectivity index is 1.70. The molecule has 1 fully saturated rings. The first-order valence-electron chi connectivity index (χ1n) is 8.83. The molecule has 1 aliphatic rings. The van der Waals surface area contributed by atoms with Crippen LogP contribution < -0.4 is 10.6 Å². The molecule has 1 aromatic carbocycles. The maximum absolute atomic E-state index is 12.5. The summed E-state index contributed by atoms with van der Waals surface area (Å²) in [7, 11) is 1.29. The van der Waals surface area contributed by atoms with Crippen molar-refractivity contribution in [3.8, 4) is 0 Å². The SMILES string of the molecule is COC(=O)c1cccc(NC(=O)c2ccnc(C(=O)NC3CCCC3)c2)c1. The molecule has 0 saturated heterocycles. The molecule has 140 valence electrons. The average molecular weight is 367 g/mol. The molecule has 0 bridgehead atoms. The quantitative estimate of drug-likeness (QED) is 0.792. The number of nitrogens with one attached hydrogen (secondary N) is 2. The summed E-state index contributed by atoms with van der Waals surface area (Å²) in [5.74, 6) is -1.15. The van der Waals surface area contributed by atoms with Gasteiger partial charge in [0.15, 0.2) is 0 Å². The second-order valence-electron chi connectivity index (χ2n) is 6.41. The van der Waals surface area contributed by atoms with E-state index < -0.39 is 11.9 Å². The Labute approximate surface area is 157 Å². The van der Waals surface area contributed by atoms with Crippen molar-refractivity contribution in [2.24, 2.45) is 0 Å². The molecule has 2 amide bonds. The number of anilines is 1. The number of methoxy groups -OCH3 is 1. The number of amides is 2. The van der Waals surface area contributed by atoms with E-state index in [1.54, 1.807) is 18.2 Å². The molecule has 7 nitrogen and oxygen atoms in total. The first-order chi connectivity index (χ1) is 13.1. The molecule has 3 rings (SSSR count). The van der Waals surface area contributed by atoms with Gasteiger partial charge in [-0.2, -0.15) is 0 Å². The molecule has 1 saturated carbocycles. The standard InChI is InChI=1S/C20H21N3O4/c1-27-20(26)14-5-4-8-16(11-14)23-18(24)13-9-10-21-17(12-13)19(25)22-15-6-2-3-7-15/h4-5,8-12,15H,2-3,6-7H2,1H3,(H,22,25)(H,23,24). The number of aromatic nitrogens is 1. The Morgan fingerprint density at radius 2 is 1.81 bits per heavy atom. The number of esters is 1. The predicted octanol–water partition coefficient (Wildman–Crippen LogP) is 2.79. The van der Waals surface area contributed by atoms with Gasteiger partial charge in [-0.25, -0.2) is 4.79 Å². The molecule has 0 spiro atoms. The van der Waals surface area contributed by atoms with Gasteiger partial charge >= 0.3 is 5.97 Å². The third-order valence-electron chi connectivity index (χ3n) is 4.49. The van der Waals surface area contributed by atoms with Crippen LogP contribution in [-0.2, 0) is 4.74 Å². The summed E-state index contributed by atoms with van der Waals surface area (Å²) in [4.78, 5) is 40.5. The van der Waals surface area contributed by atoms with Gasteiger partial charge in [0.1, 0.15) is 5.69 Å². The molecule has 2 aromatic rings. The number of benzene rings is 1. The van der Waals surface area contributed by atoms with Gasteiger partial charge in [0.25, 0.3) is 11.8 Å². The lowest BCUT2D eigenvalue weighted by Gasteiger charge is -2.12. The highest BCUT2D eigenvalue weighted by molar-refractivity contribution is 6.06. The third-order valence-corrected chi connectivity index (χ3v) is 4.49. The average Bonchev–Trinajstić information content (AvgIpc) is 3.20. The van der Waals surface area contributed by atoms with Gasteiger partial charge in [-0.15, -0.1) is 0 Å². The van der Waals surface area contributed by atoms with E-state index in [0.29, 0.717) is 16.8 Å².